The fourth-order valence-electron chi connectivity index (χ4n) is 1.69. The number of halogens is 1. The molecule has 0 spiro atoms. The number of hydrogen-bond donors (Lipinski definition) is 1. The maximum absolute atomic E-state index is 11.8. The first-order valence-electron chi connectivity index (χ1n) is 5.25. The van der Waals surface area contributed by atoms with E-state index in [9.17, 15) is 4.79 Å². The van der Waals surface area contributed by atoms with E-state index in [1.807, 2.05) is 12.1 Å². The summed E-state index contributed by atoms with van der Waals surface area (Å²) in [6.07, 6.45) is 0. The lowest BCUT2D eigenvalue weighted by atomic mass is 10.1. The van der Waals surface area contributed by atoms with Crippen molar-refractivity contribution in [2.45, 2.75) is 13.5 Å². The Balaban J connectivity index is 2.62. The molecule has 0 atom stereocenters. The Labute approximate surface area is 107 Å². The van der Waals surface area contributed by atoms with Crippen LogP contribution in [0.4, 0.5) is 0 Å². The Morgan fingerprint density at radius 1 is 1.53 bits per heavy atom. The fraction of sp³-hybridized carbons (Fsp3) is 0.250. The van der Waals surface area contributed by atoms with E-state index in [0.29, 0.717) is 23.5 Å². The highest BCUT2D eigenvalue weighted by atomic mass is 79.9. The minimum absolute atomic E-state index is 0.167. The zero-order valence-corrected chi connectivity index (χ0v) is 10.9. The third-order valence-electron chi connectivity index (χ3n) is 2.39. The summed E-state index contributed by atoms with van der Waals surface area (Å²) < 4.78 is 11.4. The Kier molecular flexibility index (Phi) is 3.49. The van der Waals surface area contributed by atoms with Crippen molar-refractivity contribution < 1.29 is 13.9 Å². The lowest BCUT2D eigenvalue weighted by Crippen LogP contribution is -2.08. The monoisotopic (exact) mass is 297 g/mol. The third kappa shape index (κ3) is 2.21. The van der Waals surface area contributed by atoms with Crippen LogP contribution in [-0.2, 0) is 11.3 Å². The van der Waals surface area contributed by atoms with Crippen LogP contribution >= 0.6 is 15.9 Å². The second-order valence-electron chi connectivity index (χ2n) is 3.47. The van der Waals surface area contributed by atoms with Gasteiger partial charge in [-0.15, -0.1) is 0 Å². The van der Waals surface area contributed by atoms with Gasteiger partial charge in [0, 0.05) is 9.86 Å². The number of esters is 1. The quantitative estimate of drug-likeness (QED) is 0.885. The van der Waals surface area contributed by atoms with Crippen LogP contribution in [0.1, 0.15) is 23.0 Å². The van der Waals surface area contributed by atoms with Crippen LogP contribution in [0.15, 0.2) is 27.1 Å². The molecule has 0 radical (unpaired) electrons. The summed E-state index contributed by atoms with van der Waals surface area (Å²) in [5.41, 5.74) is 6.63. The average molecular weight is 298 g/mol. The zero-order valence-electron chi connectivity index (χ0n) is 9.33. The largest absolute Gasteiger partial charge is 0.462 e. The molecule has 2 N–H and O–H groups in total. The van der Waals surface area contributed by atoms with Crippen molar-refractivity contribution in [2.24, 2.45) is 5.73 Å². The molecule has 17 heavy (non-hydrogen) atoms. The van der Waals surface area contributed by atoms with E-state index in [1.54, 1.807) is 13.0 Å². The maximum Gasteiger partial charge on any atom is 0.342 e. The van der Waals surface area contributed by atoms with Gasteiger partial charge in [0.1, 0.15) is 16.9 Å². The molecule has 0 aliphatic rings. The maximum atomic E-state index is 11.8. The number of furan rings is 1. The Bertz CT molecular complexity index is 562. The first kappa shape index (κ1) is 12.1. The molecule has 1 heterocycles. The number of carbonyl (C=O) groups excluding carboxylic acids is 1. The van der Waals surface area contributed by atoms with Crippen LogP contribution in [0.2, 0.25) is 0 Å². The number of benzene rings is 1. The smallest absolute Gasteiger partial charge is 0.342 e. The van der Waals surface area contributed by atoms with Crippen molar-refractivity contribution in [3.63, 3.8) is 0 Å². The zero-order chi connectivity index (χ0) is 12.4. The SMILES string of the molecule is CCOC(=O)c1c(CN)oc2cc(Br)ccc12. The predicted molar refractivity (Wildman–Crippen MR) is 67.8 cm³/mol. The second-order valence-corrected chi connectivity index (χ2v) is 4.38. The molecule has 1 aromatic heterocycles. The van der Waals surface area contributed by atoms with Gasteiger partial charge in [-0.25, -0.2) is 4.79 Å². The van der Waals surface area contributed by atoms with Crippen LogP contribution in [0.3, 0.4) is 0 Å². The standard InChI is InChI=1S/C12H12BrNO3/c1-2-16-12(15)11-8-4-3-7(13)5-9(8)17-10(11)6-14/h3-5H,2,6,14H2,1H3. The number of ether oxygens (including phenoxy) is 1. The summed E-state index contributed by atoms with van der Waals surface area (Å²) >= 11 is 3.35. The molecule has 0 saturated carbocycles. The minimum atomic E-state index is -0.394. The number of fused-ring (bicyclic) bond motifs is 1. The normalized spacial score (nSPS) is 10.8. The number of carbonyl (C=O) groups is 1. The van der Waals surface area contributed by atoms with Crippen molar-refractivity contribution in [1.82, 2.24) is 0 Å². The molecule has 0 unspecified atom stereocenters. The molecule has 0 saturated heterocycles. The van der Waals surface area contributed by atoms with Crippen LogP contribution < -0.4 is 5.73 Å². The molecule has 2 aromatic rings. The minimum Gasteiger partial charge on any atom is -0.462 e. The molecule has 0 aliphatic carbocycles. The van der Waals surface area contributed by atoms with Gasteiger partial charge in [0.2, 0.25) is 0 Å². The van der Waals surface area contributed by atoms with Gasteiger partial charge in [-0.1, -0.05) is 15.9 Å². The summed E-state index contributed by atoms with van der Waals surface area (Å²) in [6, 6.07) is 5.46. The lowest BCUT2D eigenvalue weighted by molar-refractivity contribution is 0.0526. The van der Waals surface area contributed by atoms with Crippen molar-refractivity contribution in [2.75, 3.05) is 6.61 Å². The lowest BCUT2D eigenvalue weighted by Gasteiger charge is -2.01. The third-order valence-corrected chi connectivity index (χ3v) is 2.88. The van der Waals surface area contributed by atoms with Gasteiger partial charge < -0.3 is 14.9 Å². The van der Waals surface area contributed by atoms with Crippen molar-refractivity contribution in [1.29, 1.82) is 0 Å². The molecule has 0 fully saturated rings. The summed E-state index contributed by atoms with van der Waals surface area (Å²) in [6.45, 7) is 2.26. The number of nitrogens with two attached hydrogens (primary N) is 1. The van der Waals surface area contributed by atoms with Gasteiger partial charge >= 0.3 is 5.97 Å². The van der Waals surface area contributed by atoms with E-state index in [0.717, 1.165) is 9.86 Å². The first-order chi connectivity index (χ1) is 8.17. The van der Waals surface area contributed by atoms with E-state index < -0.39 is 5.97 Å². The summed E-state index contributed by atoms with van der Waals surface area (Å²) in [5, 5.41) is 0.729. The highest BCUT2D eigenvalue weighted by Crippen LogP contribution is 2.28. The second kappa shape index (κ2) is 4.89. The van der Waals surface area contributed by atoms with Crippen LogP contribution in [0.25, 0.3) is 11.0 Å². The molecule has 0 bridgehead atoms. The summed E-state index contributed by atoms with van der Waals surface area (Å²) in [7, 11) is 0. The van der Waals surface area contributed by atoms with Gasteiger partial charge in [0.15, 0.2) is 0 Å². The Hall–Kier alpha value is -1.33. The van der Waals surface area contributed by atoms with Gasteiger partial charge in [0.25, 0.3) is 0 Å². The van der Waals surface area contributed by atoms with E-state index in [4.69, 9.17) is 14.9 Å². The van der Waals surface area contributed by atoms with Crippen LogP contribution in [-0.4, -0.2) is 12.6 Å². The molecule has 4 nitrogen and oxygen atoms in total. The van der Waals surface area contributed by atoms with E-state index in [-0.39, 0.29) is 6.54 Å². The van der Waals surface area contributed by atoms with Gasteiger partial charge in [0.05, 0.1) is 13.2 Å². The molecular formula is C12H12BrNO3. The van der Waals surface area contributed by atoms with Gasteiger partial charge in [-0.2, -0.15) is 0 Å². The molecule has 1 aromatic carbocycles. The molecule has 90 valence electrons. The summed E-state index contributed by atoms with van der Waals surface area (Å²) in [4.78, 5) is 11.8. The van der Waals surface area contributed by atoms with Crippen molar-refractivity contribution in [3.05, 3.63) is 34.0 Å². The first-order valence-corrected chi connectivity index (χ1v) is 6.04. The summed E-state index contributed by atoms with van der Waals surface area (Å²) in [5.74, 6) is 0.0607. The Morgan fingerprint density at radius 3 is 2.94 bits per heavy atom. The predicted octanol–water partition coefficient (Wildman–Crippen LogP) is 2.83. The topological polar surface area (TPSA) is 65.5 Å². The van der Waals surface area contributed by atoms with E-state index in [2.05, 4.69) is 15.9 Å². The van der Waals surface area contributed by atoms with Crippen molar-refractivity contribution >= 4 is 32.9 Å². The highest BCUT2D eigenvalue weighted by molar-refractivity contribution is 9.10. The van der Waals surface area contributed by atoms with Crippen LogP contribution in [0.5, 0.6) is 0 Å². The van der Waals surface area contributed by atoms with Crippen molar-refractivity contribution in [3.8, 4) is 0 Å². The van der Waals surface area contributed by atoms with Gasteiger partial charge in [-0.05, 0) is 25.1 Å². The molecule has 0 amide bonds. The molecular weight excluding hydrogens is 286 g/mol. The fourth-order valence-corrected chi connectivity index (χ4v) is 2.03. The molecule has 2 rings (SSSR count). The number of hydrogen-bond acceptors (Lipinski definition) is 4. The van der Waals surface area contributed by atoms with E-state index in [1.165, 1.54) is 0 Å². The van der Waals surface area contributed by atoms with E-state index >= 15 is 0 Å². The average Bonchev–Trinajstić information content (AvgIpc) is 2.66. The van der Waals surface area contributed by atoms with Crippen LogP contribution in [0, 0.1) is 0 Å². The molecule has 5 heteroatoms. The number of rotatable bonds is 3. The van der Waals surface area contributed by atoms with Gasteiger partial charge in [-0.3, -0.25) is 0 Å². The highest BCUT2D eigenvalue weighted by Gasteiger charge is 2.20. The molecule has 0 aliphatic heterocycles. The Morgan fingerprint density at radius 2 is 2.29 bits per heavy atom.